The summed E-state index contributed by atoms with van der Waals surface area (Å²) in [7, 11) is 0. The zero-order valence-corrected chi connectivity index (χ0v) is 8.86. The first kappa shape index (κ1) is 9.19. The second-order valence-electron chi connectivity index (χ2n) is 3.78. The van der Waals surface area contributed by atoms with Crippen molar-refractivity contribution >= 4 is 5.65 Å². The van der Waals surface area contributed by atoms with Crippen molar-refractivity contribution in [3.63, 3.8) is 0 Å². The minimum atomic E-state index is 0.477. The van der Waals surface area contributed by atoms with Crippen LogP contribution in [0.25, 0.3) is 5.65 Å². The summed E-state index contributed by atoms with van der Waals surface area (Å²) in [6, 6.07) is 4.09. The van der Waals surface area contributed by atoms with Crippen molar-refractivity contribution in [3.05, 3.63) is 29.7 Å². The maximum absolute atomic E-state index is 4.50. The Morgan fingerprint density at radius 3 is 2.86 bits per heavy atom. The van der Waals surface area contributed by atoms with Crippen LogP contribution in [-0.2, 0) is 6.42 Å². The van der Waals surface area contributed by atoms with Gasteiger partial charge in [0.1, 0.15) is 0 Å². The van der Waals surface area contributed by atoms with E-state index in [1.54, 1.807) is 6.20 Å². The van der Waals surface area contributed by atoms with Gasteiger partial charge in [0.25, 0.3) is 0 Å². The van der Waals surface area contributed by atoms with E-state index >= 15 is 0 Å². The first-order valence-electron chi connectivity index (χ1n) is 5.06. The Morgan fingerprint density at radius 1 is 1.43 bits per heavy atom. The van der Waals surface area contributed by atoms with E-state index in [1.165, 1.54) is 5.69 Å². The molecule has 0 N–H and O–H groups in total. The molecule has 2 heterocycles. The number of aromatic nitrogens is 3. The van der Waals surface area contributed by atoms with Gasteiger partial charge in [0.05, 0.1) is 6.20 Å². The van der Waals surface area contributed by atoms with E-state index in [-0.39, 0.29) is 0 Å². The second kappa shape index (κ2) is 3.40. The Balaban J connectivity index is 2.70. The van der Waals surface area contributed by atoms with Gasteiger partial charge in [-0.25, -0.2) is 9.50 Å². The van der Waals surface area contributed by atoms with Crippen LogP contribution >= 0.6 is 0 Å². The van der Waals surface area contributed by atoms with Gasteiger partial charge in [-0.2, -0.15) is 5.10 Å². The summed E-state index contributed by atoms with van der Waals surface area (Å²) in [6.45, 7) is 6.48. The molecule has 14 heavy (non-hydrogen) atoms. The smallest absolute Gasteiger partial charge is 0.155 e. The standard InChI is InChI=1S/C11H15N3/c1-4-9-7-10(8(2)3)14-11(13-9)5-6-12-14/h5-8H,4H2,1-3H3. The van der Waals surface area contributed by atoms with Gasteiger partial charge in [-0.1, -0.05) is 20.8 Å². The van der Waals surface area contributed by atoms with Gasteiger partial charge in [-0.05, 0) is 18.4 Å². The lowest BCUT2D eigenvalue weighted by atomic mass is 10.1. The number of hydrogen-bond donors (Lipinski definition) is 0. The van der Waals surface area contributed by atoms with E-state index in [4.69, 9.17) is 0 Å². The highest BCUT2D eigenvalue weighted by molar-refractivity contribution is 5.39. The van der Waals surface area contributed by atoms with Crippen LogP contribution in [0.15, 0.2) is 18.3 Å². The van der Waals surface area contributed by atoms with Crippen LogP contribution in [0, 0.1) is 0 Å². The van der Waals surface area contributed by atoms with E-state index < -0.39 is 0 Å². The molecule has 0 unspecified atom stereocenters. The van der Waals surface area contributed by atoms with Crippen LogP contribution in [0.5, 0.6) is 0 Å². The molecule has 2 aromatic rings. The zero-order chi connectivity index (χ0) is 10.1. The number of fused-ring (bicyclic) bond motifs is 1. The Bertz CT molecular complexity index is 443. The average Bonchev–Trinajstić information content (AvgIpc) is 2.63. The molecule has 0 aromatic carbocycles. The van der Waals surface area contributed by atoms with Gasteiger partial charge in [0.2, 0.25) is 0 Å². The first-order chi connectivity index (χ1) is 6.72. The van der Waals surface area contributed by atoms with Crippen molar-refractivity contribution in [1.29, 1.82) is 0 Å². The Labute approximate surface area is 83.8 Å². The van der Waals surface area contributed by atoms with Crippen LogP contribution in [0.1, 0.15) is 38.1 Å². The predicted molar refractivity (Wildman–Crippen MR) is 56.5 cm³/mol. The van der Waals surface area contributed by atoms with Crippen LogP contribution in [0.3, 0.4) is 0 Å². The monoisotopic (exact) mass is 189 g/mol. The predicted octanol–water partition coefficient (Wildman–Crippen LogP) is 2.42. The minimum absolute atomic E-state index is 0.477. The molecular weight excluding hydrogens is 174 g/mol. The fourth-order valence-corrected chi connectivity index (χ4v) is 1.58. The number of rotatable bonds is 2. The summed E-state index contributed by atoms with van der Waals surface area (Å²) in [6.07, 6.45) is 2.77. The van der Waals surface area contributed by atoms with Crippen LogP contribution in [0.4, 0.5) is 0 Å². The summed E-state index contributed by atoms with van der Waals surface area (Å²) in [5.41, 5.74) is 3.33. The molecular formula is C11H15N3. The molecule has 0 atom stereocenters. The van der Waals surface area contributed by atoms with Crippen molar-refractivity contribution in [3.8, 4) is 0 Å². The third-order valence-corrected chi connectivity index (χ3v) is 2.39. The van der Waals surface area contributed by atoms with Crippen molar-refractivity contribution in [1.82, 2.24) is 14.6 Å². The molecule has 0 aliphatic heterocycles. The maximum Gasteiger partial charge on any atom is 0.155 e. The molecule has 0 aliphatic rings. The van der Waals surface area contributed by atoms with E-state index in [9.17, 15) is 0 Å². The van der Waals surface area contributed by atoms with E-state index in [0.717, 1.165) is 17.8 Å². The molecule has 0 amide bonds. The molecule has 0 spiro atoms. The number of hydrogen-bond acceptors (Lipinski definition) is 2. The molecule has 0 fully saturated rings. The number of nitrogens with zero attached hydrogens (tertiary/aromatic N) is 3. The molecule has 0 saturated heterocycles. The van der Waals surface area contributed by atoms with Gasteiger partial charge in [-0.15, -0.1) is 0 Å². The second-order valence-corrected chi connectivity index (χ2v) is 3.78. The Hall–Kier alpha value is -1.38. The molecule has 0 saturated carbocycles. The van der Waals surface area contributed by atoms with Gasteiger partial charge in [0, 0.05) is 17.5 Å². The van der Waals surface area contributed by atoms with Crippen LogP contribution in [-0.4, -0.2) is 14.6 Å². The lowest BCUT2D eigenvalue weighted by Crippen LogP contribution is -2.04. The van der Waals surface area contributed by atoms with Gasteiger partial charge < -0.3 is 0 Å². The molecule has 2 rings (SSSR count). The summed E-state index contributed by atoms with van der Waals surface area (Å²) in [5.74, 6) is 0.477. The van der Waals surface area contributed by atoms with Crippen LogP contribution < -0.4 is 0 Å². The summed E-state index contributed by atoms with van der Waals surface area (Å²) in [5, 5.41) is 4.27. The zero-order valence-electron chi connectivity index (χ0n) is 8.86. The molecule has 3 nitrogen and oxygen atoms in total. The third-order valence-electron chi connectivity index (χ3n) is 2.39. The highest BCUT2D eigenvalue weighted by Gasteiger charge is 2.08. The Morgan fingerprint density at radius 2 is 2.21 bits per heavy atom. The summed E-state index contributed by atoms with van der Waals surface area (Å²) in [4.78, 5) is 4.50. The van der Waals surface area contributed by atoms with Crippen molar-refractivity contribution < 1.29 is 0 Å². The van der Waals surface area contributed by atoms with Gasteiger partial charge in [-0.3, -0.25) is 0 Å². The normalized spacial score (nSPS) is 11.4. The first-order valence-corrected chi connectivity index (χ1v) is 5.06. The summed E-state index contributed by atoms with van der Waals surface area (Å²) >= 11 is 0. The fraction of sp³-hybridized carbons (Fsp3) is 0.455. The van der Waals surface area contributed by atoms with E-state index in [1.807, 2.05) is 10.6 Å². The highest BCUT2D eigenvalue weighted by atomic mass is 15.2. The number of aryl methyl sites for hydroxylation is 1. The van der Waals surface area contributed by atoms with Crippen molar-refractivity contribution in [2.75, 3.05) is 0 Å². The molecule has 0 aliphatic carbocycles. The molecule has 0 bridgehead atoms. The highest BCUT2D eigenvalue weighted by Crippen LogP contribution is 2.16. The SMILES string of the molecule is CCc1cc(C(C)C)n2nccc2n1. The van der Waals surface area contributed by atoms with Gasteiger partial charge in [0.15, 0.2) is 5.65 Å². The largest absolute Gasteiger partial charge is 0.234 e. The molecule has 3 heteroatoms. The lowest BCUT2D eigenvalue weighted by molar-refractivity contribution is 0.742. The molecule has 0 radical (unpaired) electrons. The minimum Gasteiger partial charge on any atom is -0.234 e. The van der Waals surface area contributed by atoms with Gasteiger partial charge >= 0.3 is 0 Å². The topological polar surface area (TPSA) is 30.2 Å². The molecule has 74 valence electrons. The molecule has 2 aromatic heterocycles. The summed E-state index contributed by atoms with van der Waals surface area (Å²) < 4.78 is 1.92. The third kappa shape index (κ3) is 1.39. The average molecular weight is 189 g/mol. The van der Waals surface area contributed by atoms with Crippen molar-refractivity contribution in [2.45, 2.75) is 33.1 Å². The van der Waals surface area contributed by atoms with E-state index in [0.29, 0.717) is 5.92 Å². The van der Waals surface area contributed by atoms with E-state index in [2.05, 4.69) is 36.9 Å². The van der Waals surface area contributed by atoms with Crippen LogP contribution in [0.2, 0.25) is 0 Å². The quantitative estimate of drug-likeness (QED) is 0.726. The fourth-order valence-electron chi connectivity index (χ4n) is 1.58. The van der Waals surface area contributed by atoms with Crippen molar-refractivity contribution in [2.24, 2.45) is 0 Å². The lowest BCUT2D eigenvalue weighted by Gasteiger charge is -2.09. The Kier molecular flexibility index (Phi) is 2.23. The maximum atomic E-state index is 4.50.